The minimum absolute atomic E-state index is 1.27. The van der Waals surface area contributed by atoms with E-state index in [2.05, 4.69) is 16.3 Å². The first-order chi connectivity index (χ1) is 3.98. The second kappa shape index (κ2) is 3.22. The fourth-order valence-electron chi connectivity index (χ4n) is 0.162. The summed E-state index contributed by atoms with van der Waals surface area (Å²) in [6.07, 6.45) is -3.92. The highest BCUT2D eigenvalue weighted by Crippen LogP contribution is 2.19. The Labute approximate surface area is 53.5 Å². The van der Waals surface area contributed by atoms with Crippen molar-refractivity contribution in [2.45, 2.75) is 12.7 Å². The summed E-state index contributed by atoms with van der Waals surface area (Å²) in [5, 5.41) is 0. The van der Waals surface area contributed by atoms with Crippen molar-refractivity contribution in [2.75, 3.05) is 5.88 Å². The molecule has 0 radical (unpaired) electrons. The standard InChI is InChI=1S/C3H3ClF4O/c4-1-3(7,8)9-2(5)6/h2H,1H2. The Morgan fingerprint density at radius 1 is 1.44 bits per heavy atom. The van der Waals surface area contributed by atoms with Crippen LogP contribution in [0.25, 0.3) is 0 Å². The molecule has 0 heterocycles. The normalized spacial score (nSPS) is 12.7. The van der Waals surface area contributed by atoms with Crippen LogP contribution in [0.4, 0.5) is 17.6 Å². The van der Waals surface area contributed by atoms with Crippen molar-refractivity contribution in [3.8, 4) is 0 Å². The van der Waals surface area contributed by atoms with Crippen LogP contribution >= 0.6 is 11.6 Å². The highest BCUT2D eigenvalue weighted by Gasteiger charge is 2.32. The maximum atomic E-state index is 11.6. The molecule has 6 heteroatoms. The van der Waals surface area contributed by atoms with E-state index in [0.717, 1.165) is 0 Å². The summed E-state index contributed by atoms with van der Waals surface area (Å²) in [5.41, 5.74) is 0. The monoisotopic (exact) mass is 166 g/mol. The molecule has 0 saturated heterocycles. The van der Waals surface area contributed by atoms with Crippen LogP contribution in [-0.2, 0) is 4.74 Å². The molecule has 0 spiro atoms. The van der Waals surface area contributed by atoms with Gasteiger partial charge in [-0.1, -0.05) is 0 Å². The molecule has 9 heavy (non-hydrogen) atoms. The van der Waals surface area contributed by atoms with Crippen LogP contribution < -0.4 is 0 Å². The van der Waals surface area contributed by atoms with Gasteiger partial charge in [-0.05, 0) is 0 Å². The SMILES string of the molecule is FC(F)OC(F)(F)CCl. The summed E-state index contributed by atoms with van der Waals surface area (Å²) < 4.78 is 47.8. The van der Waals surface area contributed by atoms with Gasteiger partial charge < -0.3 is 0 Å². The van der Waals surface area contributed by atoms with Gasteiger partial charge in [0.15, 0.2) is 0 Å². The summed E-state index contributed by atoms with van der Waals surface area (Å²) in [5.74, 6) is -1.27. The van der Waals surface area contributed by atoms with Crippen LogP contribution in [0.3, 0.4) is 0 Å². The van der Waals surface area contributed by atoms with Crippen LogP contribution in [0.5, 0.6) is 0 Å². The number of hydrogen-bond donors (Lipinski definition) is 0. The second-order valence-corrected chi connectivity index (χ2v) is 1.42. The minimum atomic E-state index is -3.92. The van der Waals surface area contributed by atoms with Gasteiger partial charge in [-0.3, -0.25) is 4.74 Å². The van der Waals surface area contributed by atoms with Gasteiger partial charge in [0, 0.05) is 0 Å². The Bertz CT molecular complexity index is 85.9. The first-order valence-corrected chi connectivity index (χ1v) is 2.41. The van der Waals surface area contributed by atoms with E-state index < -0.39 is 18.6 Å². The Hall–Kier alpha value is -0.0300. The zero-order valence-corrected chi connectivity index (χ0v) is 4.84. The van der Waals surface area contributed by atoms with Gasteiger partial charge in [-0.2, -0.15) is 17.6 Å². The Kier molecular flexibility index (Phi) is 3.21. The van der Waals surface area contributed by atoms with Gasteiger partial charge in [0.05, 0.1) is 0 Å². The Morgan fingerprint density at radius 2 is 1.89 bits per heavy atom. The molecule has 0 bridgehead atoms. The lowest BCUT2D eigenvalue weighted by Gasteiger charge is -2.11. The van der Waals surface area contributed by atoms with Gasteiger partial charge >= 0.3 is 12.7 Å². The van der Waals surface area contributed by atoms with Crippen LogP contribution in [0.2, 0.25) is 0 Å². The predicted octanol–water partition coefficient (Wildman–Crippen LogP) is 2.06. The van der Waals surface area contributed by atoms with E-state index in [0.29, 0.717) is 0 Å². The fourth-order valence-corrected chi connectivity index (χ4v) is 0.225. The molecule has 0 unspecified atom stereocenters. The van der Waals surface area contributed by atoms with Crippen molar-refractivity contribution in [3.63, 3.8) is 0 Å². The van der Waals surface area contributed by atoms with Crippen molar-refractivity contribution in [1.82, 2.24) is 0 Å². The molecule has 0 atom stereocenters. The molecule has 0 aliphatic rings. The van der Waals surface area contributed by atoms with Crippen molar-refractivity contribution >= 4 is 11.6 Å². The van der Waals surface area contributed by atoms with Crippen molar-refractivity contribution in [3.05, 3.63) is 0 Å². The van der Waals surface area contributed by atoms with Crippen molar-refractivity contribution in [2.24, 2.45) is 0 Å². The van der Waals surface area contributed by atoms with Gasteiger partial charge in [-0.15, -0.1) is 11.6 Å². The Morgan fingerprint density at radius 3 is 2.00 bits per heavy atom. The molecule has 0 N–H and O–H groups in total. The number of alkyl halides is 5. The topological polar surface area (TPSA) is 9.23 Å². The van der Waals surface area contributed by atoms with E-state index in [9.17, 15) is 17.6 Å². The molecule has 0 aromatic carbocycles. The van der Waals surface area contributed by atoms with Crippen LogP contribution in [-0.4, -0.2) is 18.6 Å². The molecule has 0 aliphatic heterocycles. The first kappa shape index (κ1) is 8.97. The average molecular weight is 167 g/mol. The van der Waals surface area contributed by atoms with Crippen LogP contribution in [0.1, 0.15) is 0 Å². The molecule has 0 aromatic heterocycles. The molecule has 0 amide bonds. The van der Waals surface area contributed by atoms with E-state index >= 15 is 0 Å². The number of halogens is 5. The van der Waals surface area contributed by atoms with E-state index in [1.165, 1.54) is 0 Å². The minimum Gasteiger partial charge on any atom is -0.257 e. The van der Waals surface area contributed by atoms with Crippen molar-refractivity contribution < 1.29 is 22.3 Å². The van der Waals surface area contributed by atoms with Gasteiger partial charge in [0.2, 0.25) is 0 Å². The summed E-state index contributed by atoms with van der Waals surface area (Å²) in [4.78, 5) is 0. The van der Waals surface area contributed by atoms with Gasteiger partial charge in [-0.25, -0.2) is 0 Å². The van der Waals surface area contributed by atoms with E-state index in [1.54, 1.807) is 0 Å². The largest absolute Gasteiger partial charge is 0.373 e. The average Bonchev–Trinajstić information content (AvgIpc) is 1.63. The van der Waals surface area contributed by atoms with Crippen molar-refractivity contribution in [1.29, 1.82) is 0 Å². The quantitative estimate of drug-likeness (QED) is 0.461. The van der Waals surface area contributed by atoms with E-state index in [4.69, 9.17) is 0 Å². The highest BCUT2D eigenvalue weighted by molar-refractivity contribution is 6.18. The summed E-state index contributed by atoms with van der Waals surface area (Å²) in [6, 6.07) is 0. The third-order valence-electron chi connectivity index (χ3n) is 0.417. The van der Waals surface area contributed by atoms with Crippen LogP contribution in [0.15, 0.2) is 0 Å². The molecule has 0 rings (SSSR count). The van der Waals surface area contributed by atoms with Gasteiger partial charge in [0.1, 0.15) is 5.88 Å². The number of hydrogen-bond acceptors (Lipinski definition) is 1. The highest BCUT2D eigenvalue weighted by atomic mass is 35.5. The summed E-state index contributed by atoms with van der Waals surface area (Å²) in [6.45, 7) is -3.49. The molecule has 0 aliphatic carbocycles. The zero-order valence-electron chi connectivity index (χ0n) is 4.08. The van der Waals surface area contributed by atoms with E-state index in [-0.39, 0.29) is 0 Å². The number of ether oxygens (including phenoxy) is 1. The lowest BCUT2D eigenvalue weighted by Crippen LogP contribution is -2.25. The lowest BCUT2D eigenvalue weighted by molar-refractivity contribution is -0.307. The third kappa shape index (κ3) is 4.47. The molecular weight excluding hydrogens is 163 g/mol. The van der Waals surface area contributed by atoms with Gasteiger partial charge in [0.25, 0.3) is 0 Å². The molecule has 0 saturated carbocycles. The molecule has 0 fully saturated rings. The maximum Gasteiger partial charge on any atom is 0.373 e. The smallest absolute Gasteiger partial charge is 0.257 e. The predicted molar refractivity (Wildman–Crippen MR) is 22.8 cm³/mol. The van der Waals surface area contributed by atoms with Crippen LogP contribution in [0, 0.1) is 0 Å². The van der Waals surface area contributed by atoms with E-state index in [1.807, 2.05) is 0 Å². The third-order valence-corrected chi connectivity index (χ3v) is 0.728. The Balaban J connectivity index is 3.58. The molecule has 0 aromatic rings. The summed E-state index contributed by atoms with van der Waals surface area (Å²) in [7, 11) is 0. The first-order valence-electron chi connectivity index (χ1n) is 1.88. The maximum absolute atomic E-state index is 11.6. The lowest BCUT2D eigenvalue weighted by atomic mass is 10.7. The molecule has 56 valence electrons. The molecular formula is C3H3ClF4O. The number of rotatable bonds is 3. The molecule has 1 nitrogen and oxygen atoms in total. The fraction of sp³-hybridized carbons (Fsp3) is 1.00. The second-order valence-electron chi connectivity index (χ2n) is 1.15. The zero-order chi connectivity index (χ0) is 7.49. The summed E-state index contributed by atoms with van der Waals surface area (Å²) >= 11 is 4.53.